The number of imidazole rings is 1. The molecule has 1 amide bonds. The summed E-state index contributed by atoms with van der Waals surface area (Å²) in [7, 11) is 0. The van der Waals surface area contributed by atoms with E-state index in [4.69, 9.17) is 4.42 Å². The zero-order chi connectivity index (χ0) is 16.2. The monoisotopic (exact) mass is 318 g/mol. The van der Waals surface area contributed by atoms with Crippen LogP contribution in [0, 0.1) is 6.92 Å². The number of hydrogen-bond acceptors (Lipinski definition) is 4. The van der Waals surface area contributed by atoms with Gasteiger partial charge in [0.1, 0.15) is 11.3 Å². The van der Waals surface area contributed by atoms with Gasteiger partial charge in [-0.1, -0.05) is 0 Å². The second-order valence-corrected chi connectivity index (χ2v) is 5.65. The summed E-state index contributed by atoms with van der Waals surface area (Å²) in [5.74, 6) is -2.73. The average molecular weight is 318 g/mol. The second kappa shape index (κ2) is 4.61. The lowest BCUT2D eigenvalue weighted by molar-refractivity contribution is -0.113. The smallest absolute Gasteiger partial charge is 0.282 e. The quantitative estimate of drug-likeness (QED) is 0.728. The summed E-state index contributed by atoms with van der Waals surface area (Å²) < 4.78 is 32.9. The van der Waals surface area contributed by atoms with E-state index in [0.717, 1.165) is 10.5 Å². The van der Waals surface area contributed by atoms with E-state index in [1.54, 1.807) is 16.8 Å². The van der Waals surface area contributed by atoms with E-state index in [2.05, 4.69) is 9.97 Å². The Morgan fingerprint density at radius 1 is 1.35 bits per heavy atom. The van der Waals surface area contributed by atoms with Crippen molar-refractivity contribution in [1.29, 1.82) is 0 Å². The third kappa shape index (κ3) is 2.18. The number of aryl methyl sites for hydroxylation is 1. The Balaban J connectivity index is 1.80. The van der Waals surface area contributed by atoms with E-state index in [9.17, 15) is 13.6 Å². The maximum atomic E-state index is 13.0. The number of nitrogens with zero attached hydrogens (tertiary/aromatic N) is 4. The van der Waals surface area contributed by atoms with Crippen molar-refractivity contribution in [2.75, 3.05) is 13.1 Å². The number of amides is 1. The molecule has 1 fully saturated rings. The van der Waals surface area contributed by atoms with Crippen LogP contribution >= 0.6 is 0 Å². The summed E-state index contributed by atoms with van der Waals surface area (Å²) in [6, 6.07) is 1.87. The van der Waals surface area contributed by atoms with E-state index < -0.39 is 24.9 Å². The number of rotatable bonds is 2. The van der Waals surface area contributed by atoms with Crippen LogP contribution in [0.5, 0.6) is 0 Å². The van der Waals surface area contributed by atoms with Crippen molar-refractivity contribution in [1.82, 2.24) is 19.3 Å². The molecule has 0 atom stereocenters. The normalized spacial score (nSPS) is 16.6. The molecular weight excluding hydrogens is 306 g/mol. The SMILES string of the molecule is Cc1cc(-c2cnco2)c2ncc(C(=O)N3CC(F)(F)C3)n2c1. The van der Waals surface area contributed by atoms with Crippen LogP contribution in [0.25, 0.3) is 17.0 Å². The van der Waals surface area contributed by atoms with Gasteiger partial charge in [0.15, 0.2) is 12.2 Å². The van der Waals surface area contributed by atoms with Crippen LogP contribution in [0.3, 0.4) is 0 Å². The minimum absolute atomic E-state index is 0.250. The highest BCUT2D eigenvalue weighted by atomic mass is 19.3. The largest absolute Gasteiger partial charge is 0.443 e. The molecule has 0 bridgehead atoms. The van der Waals surface area contributed by atoms with Crippen molar-refractivity contribution >= 4 is 11.6 Å². The summed E-state index contributed by atoms with van der Waals surface area (Å²) >= 11 is 0. The minimum atomic E-state index is -2.79. The molecule has 3 aromatic rings. The topological polar surface area (TPSA) is 63.6 Å². The highest BCUT2D eigenvalue weighted by Crippen LogP contribution is 2.30. The Morgan fingerprint density at radius 2 is 2.13 bits per heavy atom. The number of aromatic nitrogens is 3. The lowest BCUT2D eigenvalue weighted by Gasteiger charge is -2.38. The molecule has 0 saturated carbocycles. The van der Waals surface area contributed by atoms with E-state index in [0.29, 0.717) is 17.0 Å². The number of fused-ring (bicyclic) bond motifs is 1. The first-order valence-corrected chi connectivity index (χ1v) is 6.98. The summed E-state index contributed by atoms with van der Waals surface area (Å²) in [5.41, 5.74) is 2.34. The lowest BCUT2D eigenvalue weighted by atomic mass is 10.1. The highest BCUT2D eigenvalue weighted by Gasteiger charge is 2.46. The molecule has 3 aromatic heterocycles. The number of pyridine rings is 1. The van der Waals surface area contributed by atoms with Crippen LogP contribution in [0.1, 0.15) is 16.1 Å². The molecule has 4 rings (SSSR count). The maximum absolute atomic E-state index is 13.0. The van der Waals surface area contributed by atoms with Gasteiger partial charge in [-0.05, 0) is 18.6 Å². The molecule has 0 unspecified atom stereocenters. The standard InChI is InChI=1S/C15H12F2N4O2/c1-9-2-10(12-4-18-8-23-12)13-19-3-11(21(13)5-9)14(22)20-6-15(16,17)7-20/h2-5,8H,6-7H2,1H3. The molecule has 0 aliphatic carbocycles. The fourth-order valence-corrected chi connectivity index (χ4v) is 2.73. The molecule has 0 N–H and O–H groups in total. The van der Waals surface area contributed by atoms with E-state index in [-0.39, 0.29) is 5.69 Å². The molecule has 118 valence electrons. The van der Waals surface area contributed by atoms with Crippen molar-refractivity contribution in [2.24, 2.45) is 0 Å². The number of hydrogen-bond donors (Lipinski definition) is 0. The van der Waals surface area contributed by atoms with Gasteiger partial charge in [-0.15, -0.1) is 0 Å². The first-order chi connectivity index (χ1) is 10.9. The summed E-state index contributed by atoms with van der Waals surface area (Å²) in [4.78, 5) is 21.6. The van der Waals surface area contributed by atoms with Gasteiger partial charge in [0.2, 0.25) is 0 Å². The molecule has 0 aromatic carbocycles. The summed E-state index contributed by atoms with van der Waals surface area (Å²) in [5, 5.41) is 0. The molecule has 1 saturated heterocycles. The molecule has 1 aliphatic rings. The second-order valence-electron chi connectivity index (χ2n) is 5.65. The first kappa shape index (κ1) is 13.9. The van der Waals surface area contributed by atoms with Crippen LogP contribution in [0.2, 0.25) is 0 Å². The number of carbonyl (C=O) groups is 1. The number of likely N-dealkylation sites (tertiary alicyclic amines) is 1. The molecule has 1 aliphatic heterocycles. The molecule has 8 heteroatoms. The number of alkyl halides is 2. The van der Waals surface area contributed by atoms with Crippen LogP contribution in [-0.4, -0.2) is 44.2 Å². The zero-order valence-corrected chi connectivity index (χ0v) is 12.2. The number of carbonyl (C=O) groups excluding carboxylic acids is 1. The van der Waals surface area contributed by atoms with Gasteiger partial charge in [-0.2, -0.15) is 0 Å². The first-order valence-electron chi connectivity index (χ1n) is 6.98. The Kier molecular flexibility index (Phi) is 2.78. The van der Waals surface area contributed by atoms with Crippen LogP contribution < -0.4 is 0 Å². The van der Waals surface area contributed by atoms with Crippen molar-refractivity contribution in [3.05, 3.63) is 42.3 Å². The lowest BCUT2D eigenvalue weighted by Crippen LogP contribution is -2.58. The van der Waals surface area contributed by atoms with Gasteiger partial charge in [0.25, 0.3) is 11.8 Å². The number of oxazole rings is 1. The van der Waals surface area contributed by atoms with Crippen LogP contribution in [0.15, 0.2) is 35.5 Å². The van der Waals surface area contributed by atoms with Crippen LogP contribution in [0.4, 0.5) is 8.78 Å². The minimum Gasteiger partial charge on any atom is -0.443 e. The van der Waals surface area contributed by atoms with Crippen molar-refractivity contribution < 1.29 is 18.0 Å². The average Bonchev–Trinajstić information content (AvgIpc) is 3.12. The van der Waals surface area contributed by atoms with Gasteiger partial charge < -0.3 is 9.32 Å². The fourth-order valence-electron chi connectivity index (χ4n) is 2.73. The van der Waals surface area contributed by atoms with E-state index in [1.165, 1.54) is 12.6 Å². The van der Waals surface area contributed by atoms with Gasteiger partial charge in [0.05, 0.1) is 31.0 Å². The van der Waals surface area contributed by atoms with Gasteiger partial charge >= 0.3 is 0 Å². The Morgan fingerprint density at radius 3 is 2.78 bits per heavy atom. The predicted octanol–water partition coefficient (Wildman–Crippen LogP) is 2.39. The number of halogens is 2. The van der Waals surface area contributed by atoms with Crippen molar-refractivity contribution in [3.63, 3.8) is 0 Å². The third-order valence-corrected chi connectivity index (χ3v) is 3.79. The Hall–Kier alpha value is -2.77. The van der Waals surface area contributed by atoms with E-state index >= 15 is 0 Å². The summed E-state index contributed by atoms with van der Waals surface area (Å²) in [6.45, 7) is 0.755. The van der Waals surface area contributed by atoms with Crippen LogP contribution in [-0.2, 0) is 0 Å². The molecule has 6 nitrogen and oxygen atoms in total. The van der Waals surface area contributed by atoms with Gasteiger partial charge in [-0.3, -0.25) is 9.20 Å². The zero-order valence-electron chi connectivity index (χ0n) is 12.2. The summed E-state index contributed by atoms with van der Waals surface area (Å²) in [6.07, 6.45) is 6.01. The predicted molar refractivity (Wildman–Crippen MR) is 76.3 cm³/mol. The Bertz CT molecular complexity index is 894. The molecular formula is C15H12F2N4O2. The van der Waals surface area contributed by atoms with Crippen molar-refractivity contribution in [2.45, 2.75) is 12.8 Å². The highest BCUT2D eigenvalue weighted by molar-refractivity contribution is 5.95. The molecule has 0 spiro atoms. The van der Waals surface area contributed by atoms with Gasteiger partial charge in [0, 0.05) is 6.20 Å². The third-order valence-electron chi connectivity index (χ3n) is 3.79. The maximum Gasteiger partial charge on any atom is 0.282 e. The molecule has 4 heterocycles. The molecule has 0 radical (unpaired) electrons. The van der Waals surface area contributed by atoms with Crippen molar-refractivity contribution in [3.8, 4) is 11.3 Å². The fraction of sp³-hybridized carbons (Fsp3) is 0.267. The molecule has 23 heavy (non-hydrogen) atoms. The Labute approximate surface area is 129 Å². The van der Waals surface area contributed by atoms with Gasteiger partial charge in [-0.25, -0.2) is 18.7 Å². The van der Waals surface area contributed by atoms with E-state index in [1.807, 2.05) is 13.0 Å².